The van der Waals surface area contributed by atoms with Crippen molar-refractivity contribution in [1.29, 1.82) is 0 Å². The van der Waals surface area contributed by atoms with Crippen LogP contribution in [0.4, 0.5) is 11.5 Å². The molecule has 2 heterocycles. The quantitative estimate of drug-likeness (QED) is 0.491. The molecule has 0 radical (unpaired) electrons. The van der Waals surface area contributed by atoms with Crippen molar-refractivity contribution in [2.24, 2.45) is 4.99 Å². The molecule has 0 aliphatic carbocycles. The molecule has 0 aliphatic rings. The second-order valence-corrected chi connectivity index (χ2v) is 6.82. The monoisotopic (exact) mass is 415 g/mol. The summed E-state index contributed by atoms with van der Waals surface area (Å²) in [6.07, 6.45) is 0. The number of ether oxygens (including phenoxy) is 1. The van der Waals surface area contributed by atoms with Crippen molar-refractivity contribution in [3.63, 3.8) is 0 Å². The van der Waals surface area contributed by atoms with E-state index >= 15 is 0 Å². The van der Waals surface area contributed by atoms with E-state index in [1.165, 1.54) is 12.1 Å². The fraction of sp³-hybridized carbons (Fsp3) is 0.125. The van der Waals surface area contributed by atoms with Gasteiger partial charge >= 0.3 is 0 Å². The van der Waals surface area contributed by atoms with Crippen molar-refractivity contribution >= 4 is 28.4 Å². The number of phenolic OH excluding ortho intramolecular Hbond substituents is 1. The lowest BCUT2D eigenvalue weighted by Crippen LogP contribution is -2.22. The Hall–Kier alpha value is -4.13. The molecule has 0 bridgehead atoms. The lowest BCUT2D eigenvalue weighted by Gasteiger charge is -2.08. The molecule has 0 atom stereocenters. The first-order chi connectivity index (χ1) is 15.0. The maximum Gasteiger partial charge on any atom is 0.262 e. The number of anilines is 1. The van der Waals surface area contributed by atoms with Crippen molar-refractivity contribution in [3.8, 4) is 11.5 Å². The number of aromatic hydroxyl groups is 1. The number of phenols is 1. The Kier molecular flexibility index (Phi) is 5.66. The van der Waals surface area contributed by atoms with Crippen molar-refractivity contribution in [2.45, 2.75) is 13.8 Å². The number of amides is 1. The van der Waals surface area contributed by atoms with Crippen LogP contribution >= 0.6 is 0 Å². The van der Waals surface area contributed by atoms with E-state index in [4.69, 9.17) is 9.15 Å². The summed E-state index contributed by atoms with van der Waals surface area (Å²) in [4.78, 5) is 22.0. The number of nitrogens with one attached hydrogen (secondary N) is 1. The van der Waals surface area contributed by atoms with Gasteiger partial charge < -0.3 is 19.6 Å². The highest BCUT2D eigenvalue weighted by molar-refractivity contribution is 6.05. The van der Waals surface area contributed by atoms with Gasteiger partial charge in [0.2, 0.25) is 5.55 Å². The zero-order chi connectivity index (χ0) is 21.8. The molecule has 0 spiro atoms. The van der Waals surface area contributed by atoms with Crippen LogP contribution in [-0.4, -0.2) is 22.6 Å². The number of aromatic nitrogens is 1. The number of benzene rings is 2. The average molecular weight is 415 g/mol. The molecule has 2 N–H and O–H groups in total. The van der Waals surface area contributed by atoms with Gasteiger partial charge in [-0.15, -0.1) is 0 Å². The van der Waals surface area contributed by atoms with Crippen LogP contribution in [-0.2, 0) is 0 Å². The predicted molar refractivity (Wildman–Crippen MR) is 118 cm³/mol. The van der Waals surface area contributed by atoms with Crippen molar-refractivity contribution in [1.82, 2.24) is 4.98 Å². The summed E-state index contributed by atoms with van der Waals surface area (Å²) in [5, 5.41) is 13.3. The lowest BCUT2D eigenvalue weighted by molar-refractivity contribution is 0.102. The summed E-state index contributed by atoms with van der Waals surface area (Å²) in [6, 6.07) is 19.0. The molecule has 2 aromatic carbocycles. The smallest absolute Gasteiger partial charge is 0.262 e. The van der Waals surface area contributed by atoms with Crippen molar-refractivity contribution in [2.75, 3.05) is 11.9 Å². The fourth-order valence-corrected chi connectivity index (χ4v) is 3.09. The third-order valence-corrected chi connectivity index (χ3v) is 4.50. The van der Waals surface area contributed by atoms with Crippen molar-refractivity contribution < 1.29 is 19.1 Å². The highest BCUT2D eigenvalue weighted by atomic mass is 16.5. The molecule has 4 rings (SSSR count). The number of para-hydroxylation sites is 2. The largest absolute Gasteiger partial charge is 0.508 e. The Balaban J connectivity index is 1.87. The Morgan fingerprint density at radius 2 is 1.97 bits per heavy atom. The highest BCUT2D eigenvalue weighted by Gasteiger charge is 2.15. The summed E-state index contributed by atoms with van der Waals surface area (Å²) >= 11 is 0. The van der Waals surface area contributed by atoms with Gasteiger partial charge in [0.15, 0.2) is 0 Å². The van der Waals surface area contributed by atoms with Crippen LogP contribution in [0.1, 0.15) is 23.0 Å². The number of aryl methyl sites for hydroxylation is 1. The predicted octanol–water partition coefficient (Wildman–Crippen LogP) is 4.73. The van der Waals surface area contributed by atoms with Crippen LogP contribution < -0.4 is 15.6 Å². The number of pyridine rings is 1. The third kappa shape index (κ3) is 4.56. The summed E-state index contributed by atoms with van der Waals surface area (Å²) in [7, 11) is 0. The molecular formula is C24H21N3O4. The Morgan fingerprint density at radius 3 is 2.77 bits per heavy atom. The maximum absolute atomic E-state index is 13.1. The first kappa shape index (κ1) is 20.2. The summed E-state index contributed by atoms with van der Waals surface area (Å²) < 4.78 is 11.6. The number of fused-ring (bicyclic) bond motifs is 1. The highest BCUT2D eigenvalue weighted by Crippen LogP contribution is 2.27. The number of carbonyl (C=O) groups is 1. The molecule has 0 saturated carbocycles. The molecule has 7 nitrogen and oxygen atoms in total. The van der Waals surface area contributed by atoms with Gasteiger partial charge in [-0.3, -0.25) is 4.79 Å². The molecule has 4 aromatic rings. The van der Waals surface area contributed by atoms with Gasteiger partial charge in [0.1, 0.15) is 34.2 Å². The zero-order valence-electron chi connectivity index (χ0n) is 17.1. The van der Waals surface area contributed by atoms with Crippen LogP contribution in [0.5, 0.6) is 11.5 Å². The normalized spacial score (nSPS) is 11.5. The van der Waals surface area contributed by atoms with Gasteiger partial charge in [-0.05, 0) is 56.3 Å². The summed E-state index contributed by atoms with van der Waals surface area (Å²) in [6.45, 7) is 4.20. The van der Waals surface area contributed by atoms with Gasteiger partial charge in [-0.1, -0.05) is 18.2 Å². The van der Waals surface area contributed by atoms with Gasteiger partial charge in [-0.2, -0.15) is 0 Å². The molecular weight excluding hydrogens is 394 g/mol. The molecule has 1 amide bonds. The SMILES string of the molecule is CCOc1ccccc1N=c1oc2cc(O)ccc2cc1C(=O)Nc1cccc(C)n1. The van der Waals surface area contributed by atoms with E-state index in [1.807, 2.05) is 38.1 Å². The Labute approximate surface area is 178 Å². The molecule has 2 aromatic heterocycles. The minimum atomic E-state index is -0.413. The second-order valence-electron chi connectivity index (χ2n) is 6.82. The van der Waals surface area contributed by atoms with E-state index < -0.39 is 5.91 Å². The number of carbonyl (C=O) groups excluding carboxylic acids is 1. The van der Waals surface area contributed by atoms with Gasteiger partial charge in [-0.25, -0.2) is 9.98 Å². The van der Waals surface area contributed by atoms with E-state index in [1.54, 1.807) is 30.3 Å². The summed E-state index contributed by atoms with van der Waals surface area (Å²) in [5.41, 5.74) is 2.03. The van der Waals surface area contributed by atoms with E-state index in [9.17, 15) is 9.90 Å². The average Bonchev–Trinajstić information content (AvgIpc) is 2.75. The topological polar surface area (TPSA) is 97.0 Å². The lowest BCUT2D eigenvalue weighted by atomic mass is 10.1. The molecule has 156 valence electrons. The van der Waals surface area contributed by atoms with E-state index in [0.717, 1.165) is 5.69 Å². The molecule has 0 fully saturated rings. The van der Waals surface area contributed by atoms with Crippen LogP contribution in [0.2, 0.25) is 0 Å². The number of hydrogen-bond acceptors (Lipinski definition) is 6. The van der Waals surface area contributed by atoms with Gasteiger partial charge in [0.25, 0.3) is 5.91 Å². The second kappa shape index (κ2) is 8.71. The standard InChI is InChI=1S/C24H21N3O4/c1-3-30-20-9-5-4-8-19(20)26-24-18(13-16-11-12-17(28)14-21(16)31-24)23(29)27-22-10-6-7-15(2)25-22/h4-14,28H,3H2,1-2H3,(H,25,27,29). The van der Waals surface area contributed by atoms with Crippen LogP contribution in [0, 0.1) is 6.92 Å². The molecule has 0 saturated heterocycles. The number of nitrogens with zero attached hydrogens (tertiary/aromatic N) is 2. The molecule has 31 heavy (non-hydrogen) atoms. The van der Waals surface area contributed by atoms with E-state index in [2.05, 4.69) is 15.3 Å². The minimum absolute atomic E-state index is 0.0538. The Morgan fingerprint density at radius 1 is 1.13 bits per heavy atom. The number of rotatable bonds is 5. The first-order valence-corrected chi connectivity index (χ1v) is 9.82. The van der Waals surface area contributed by atoms with Gasteiger partial charge in [0, 0.05) is 17.1 Å². The minimum Gasteiger partial charge on any atom is -0.508 e. The molecule has 0 aliphatic heterocycles. The first-order valence-electron chi connectivity index (χ1n) is 9.82. The fourth-order valence-electron chi connectivity index (χ4n) is 3.09. The maximum atomic E-state index is 13.1. The van der Waals surface area contributed by atoms with Crippen LogP contribution in [0.25, 0.3) is 11.0 Å². The van der Waals surface area contributed by atoms with Crippen LogP contribution in [0.3, 0.4) is 0 Å². The van der Waals surface area contributed by atoms with Gasteiger partial charge in [0.05, 0.1) is 6.61 Å². The summed E-state index contributed by atoms with van der Waals surface area (Å²) in [5.74, 6) is 0.641. The zero-order valence-corrected chi connectivity index (χ0v) is 17.1. The number of hydrogen-bond donors (Lipinski definition) is 2. The third-order valence-electron chi connectivity index (χ3n) is 4.50. The van der Waals surface area contributed by atoms with E-state index in [-0.39, 0.29) is 16.9 Å². The van der Waals surface area contributed by atoms with Crippen LogP contribution in [0.15, 0.2) is 76.1 Å². The molecule has 7 heteroatoms. The van der Waals surface area contributed by atoms with E-state index in [0.29, 0.717) is 34.8 Å². The Bertz CT molecular complexity index is 1330. The molecule has 0 unspecified atom stereocenters. The van der Waals surface area contributed by atoms with Crippen molar-refractivity contribution in [3.05, 3.63) is 83.5 Å².